The highest BCUT2D eigenvalue weighted by Crippen LogP contribution is 1.72. The number of rotatable bonds is 2. The maximum atomic E-state index is 9.40. The minimum absolute atomic E-state index is 0. The first kappa shape index (κ1) is 23.1. The Hall–Kier alpha value is -2.04. The molecule has 0 radical (unpaired) electrons. The van der Waals surface area contributed by atoms with Crippen LogP contribution in [0.25, 0.3) is 0 Å². The molecule has 0 aliphatic carbocycles. The molecule has 0 aromatic carbocycles. The van der Waals surface area contributed by atoms with E-state index in [9.17, 15) is 10.1 Å². The zero-order valence-electron chi connectivity index (χ0n) is 8.61. The van der Waals surface area contributed by atoms with Crippen LogP contribution in [0.4, 0.5) is 0 Å². The predicted molar refractivity (Wildman–Crippen MR) is 51.4 cm³/mol. The fourth-order valence-electron chi connectivity index (χ4n) is 0.183. The molecule has 0 atom stereocenters. The molecule has 0 aromatic rings. The van der Waals surface area contributed by atoms with Crippen LogP contribution >= 0.6 is 0 Å². The predicted octanol–water partition coefficient (Wildman–Crippen LogP) is 0.703. The molecule has 0 saturated heterocycles. The molecule has 0 rings (SSSR count). The topological polar surface area (TPSA) is 189 Å². The lowest BCUT2D eigenvalue weighted by Crippen LogP contribution is -1.96. The molecule has 0 heterocycles. The Labute approximate surface area is 84.7 Å². The van der Waals surface area contributed by atoms with Crippen LogP contribution in [0, 0.1) is 35.6 Å². The number of nitro groups is 2. The van der Waals surface area contributed by atoms with Crippen LogP contribution in [-0.4, -0.2) is 28.5 Å². The Balaban J connectivity index is -0.0000000606. The average molecular weight is 230 g/mol. The van der Waals surface area contributed by atoms with Crippen LogP contribution in [0.5, 0.6) is 0 Å². The van der Waals surface area contributed by atoms with E-state index in [-0.39, 0.29) is 17.6 Å². The highest BCUT2D eigenvalue weighted by Gasteiger charge is 1.85. The van der Waals surface area contributed by atoms with Gasteiger partial charge in [0.15, 0.2) is 7.05 Å². The van der Waals surface area contributed by atoms with E-state index in [4.69, 9.17) is 25.4 Å². The van der Waals surface area contributed by atoms with Crippen molar-refractivity contribution in [2.75, 3.05) is 13.6 Å². The van der Waals surface area contributed by atoms with E-state index in [1.807, 2.05) is 0 Å². The zero-order chi connectivity index (χ0) is 12.1. The largest absolute Gasteiger partial charge is 0.369 e. The molecular weight excluding hydrogens is 216 g/mol. The van der Waals surface area contributed by atoms with Crippen LogP contribution < -0.4 is 6.15 Å². The van der Waals surface area contributed by atoms with Gasteiger partial charge in [-0.25, -0.2) is 0 Å². The van der Waals surface area contributed by atoms with Crippen molar-refractivity contribution < 1.29 is 14.9 Å². The van der Waals surface area contributed by atoms with E-state index in [0.717, 1.165) is 7.05 Å². The molecule has 0 spiro atoms. The molecule has 92 valence electrons. The summed E-state index contributed by atoms with van der Waals surface area (Å²) in [4.78, 5) is 25.6. The summed E-state index contributed by atoms with van der Waals surface area (Å²) in [5.41, 5.74) is 0. The maximum absolute atomic E-state index is 9.40. The third kappa shape index (κ3) is 1290. The second kappa shape index (κ2) is 17.9. The number of quaternary nitrogens is 1. The van der Waals surface area contributed by atoms with Crippen LogP contribution in [0.3, 0.4) is 0 Å². The van der Waals surface area contributed by atoms with E-state index in [0.29, 0.717) is 6.42 Å². The molecule has 11 nitrogen and oxygen atoms in total. The van der Waals surface area contributed by atoms with Gasteiger partial charge >= 0.3 is 0 Å². The average Bonchev–Trinajstić information content (AvgIpc) is 1.82. The van der Waals surface area contributed by atoms with Gasteiger partial charge in [0.25, 0.3) is 0 Å². The van der Waals surface area contributed by atoms with Gasteiger partial charge in [0.2, 0.25) is 6.54 Å². The third-order valence-electron chi connectivity index (χ3n) is 0.406. The first-order valence-corrected chi connectivity index (χ1v) is 3.25. The molecule has 11 heteroatoms. The molecule has 0 aliphatic heterocycles. The monoisotopic (exact) mass is 230 g/mol. The molecule has 0 unspecified atom stereocenters. The minimum Gasteiger partial charge on any atom is -0.369 e. The van der Waals surface area contributed by atoms with Gasteiger partial charge in [-0.15, -0.1) is 0 Å². The smallest absolute Gasteiger partial charge is 0.203 e. The highest BCUT2D eigenvalue weighted by atomic mass is 16.9. The third-order valence-corrected chi connectivity index (χ3v) is 0.406. The summed E-state index contributed by atoms with van der Waals surface area (Å²) in [6.45, 7) is 1.88. The summed E-state index contributed by atoms with van der Waals surface area (Å²) in [7, 11) is 0.889. The molecule has 0 aromatic heterocycles. The van der Waals surface area contributed by atoms with Crippen molar-refractivity contribution in [1.29, 1.82) is 0 Å². The Kier molecular flexibility index (Phi) is 27.5. The highest BCUT2D eigenvalue weighted by molar-refractivity contribution is 4.18. The Morgan fingerprint density at radius 1 is 1.00 bits per heavy atom. The number of hydrogen-bond acceptors (Lipinski definition) is 7. The van der Waals surface area contributed by atoms with Crippen LogP contribution in [0.1, 0.15) is 13.3 Å². The quantitative estimate of drug-likeness (QED) is 0.532. The maximum Gasteiger partial charge on any atom is 0.203 e. The molecule has 15 heavy (non-hydrogen) atoms. The van der Waals surface area contributed by atoms with Crippen LogP contribution in [0.15, 0.2) is 0 Å². The minimum atomic E-state index is -1.75. The summed E-state index contributed by atoms with van der Waals surface area (Å²) in [5.74, 6) is 0. The van der Waals surface area contributed by atoms with Crippen molar-refractivity contribution in [3.8, 4) is 0 Å². The van der Waals surface area contributed by atoms with Gasteiger partial charge in [0.1, 0.15) is 0 Å². The SMILES string of the molecule is CCC[N+](=O)[O-].C[N+](=O)[O-].O=[N+]([O-])[O-].[NH4+]. The second-order valence-electron chi connectivity index (χ2n) is 1.72. The van der Waals surface area contributed by atoms with Gasteiger partial charge in [-0.05, 0) is 0 Å². The van der Waals surface area contributed by atoms with Crippen molar-refractivity contribution in [2.24, 2.45) is 0 Å². The van der Waals surface area contributed by atoms with Crippen molar-refractivity contribution in [2.45, 2.75) is 13.3 Å². The lowest BCUT2D eigenvalue weighted by atomic mass is 10.5. The molecule has 0 saturated carbocycles. The first-order chi connectivity index (χ1) is 6.23. The molecule has 0 amide bonds. The molecular formula is C4H14N4O7. The zero-order valence-corrected chi connectivity index (χ0v) is 8.61. The fourth-order valence-corrected chi connectivity index (χ4v) is 0.183. The van der Waals surface area contributed by atoms with Gasteiger partial charge in [-0.1, -0.05) is 6.92 Å². The summed E-state index contributed by atoms with van der Waals surface area (Å²) in [6.07, 6.45) is 0.632. The summed E-state index contributed by atoms with van der Waals surface area (Å²) in [5, 5.41) is 33.0. The van der Waals surface area contributed by atoms with Crippen LogP contribution in [-0.2, 0) is 0 Å². The lowest BCUT2D eigenvalue weighted by Gasteiger charge is -1.80. The Bertz CT molecular complexity index is 164. The molecule has 0 fully saturated rings. The van der Waals surface area contributed by atoms with Gasteiger partial charge in [-0.3, -0.25) is 20.2 Å². The summed E-state index contributed by atoms with van der Waals surface area (Å²) in [6, 6.07) is 0. The normalized spacial score (nSPS) is 6.53. The number of hydrogen-bond donors (Lipinski definition) is 1. The van der Waals surface area contributed by atoms with E-state index in [2.05, 4.69) is 0 Å². The summed E-state index contributed by atoms with van der Waals surface area (Å²) < 4.78 is 0. The van der Waals surface area contributed by atoms with Crippen LogP contribution in [0.2, 0.25) is 0 Å². The molecule has 0 bridgehead atoms. The van der Waals surface area contributed by atoms with Crippen molar-refractivity contribution >= 4 is 0 Å². The number of nitrogens with zero attached hydrogens (tertiary/aromatic N) is 3. The fraction of sp³-hybridized carbons (Fsp3) is 1.00. The van der Waals surface area contributed by atoms with Gasteiger partial charge in [0, 0.05) is 16.3 Å². The van der Waals surface area contributed by atoms with Crippen molar-refractivity contribution in [3.63, 3.8) is 0 Å². The standard InChI is InChI=1S/C3H7NO2.CH3NO2.NO3.H3N/c1-2-3-4(5)6;1-2(3)4;2-1(3)4;/h2-3H2,1H3;1H3;;1H3/q;;-1;/p+1. The van der Waals surface area contributed by atoms with E-state index >= 15 is 0 Å². The first-order valence-electron chi connectivity index (χ1n) is 3.25. The van der Waals surface area contributed by atoms with Gasteiger partial charge < -0.3 is 21.5 Å². The van der Waals surface area contributed by atoms with Gasteiger partial charge in [0.05, 0.1) is 5.09 Å². The summed E-state index contributed by atoms with van der Waals surface area (Å²) >= 11 is 0. The Morgan fingerprint density at radius 3 is 1.20 bits per heavy atom. The van der Waals surface area contributed by atoms with Crippen molar-refractivity contribution in [1.82, 2.24) is 6.15 Å². The second-order valence-corrected chi connectivity index (χ2v) is 1.72. The van der Waals surface area contributed by atoms with E-state index < -0.39 is 10.0 Å². The lowest BCUT2D eigenvalue weighted by molar-refractivity contribution is -0.479. The molecule has 4 N–H and O–H groups in total. The van der Waals surface area contributed by atoms with Gasteiger partial charge in [-0.2, -0.15) is 0 Å². The van der Waals surface area contributed by atoms with E-state index in [1.54, 1.807) is 6.92 Å². The van der Waals surface area contributed by atoms with E-state index in [1.165, 1.54) is 0 Å². The Morgan fingerprint density at radius 2 is 1.20 bits per heavy atom. The molecule has 0 aliphatic rings. The van der Waals surface area contributed by atoms with Crippen molar-refractivity contribution in [3.05, 3.63) is 35.6 Å².